The van der Waals surface area contributed by atoms with E-state index in [1.807, 2.05) is 6.92 Å². The molecule has 210 valence electrons. The van der Waals surface area contributed by atoms with Crippen LogP contribution in [0.5, 0.6) is 0 Å². The predicted octanol–water partition coefficient (Wildman–Crippen LogP) is 1.84. The number of esters is 1. The second kappa shape index (κ2) is 9.20. The van der Waals surface area contributed by atoms with Gasteiger partial charge in [0.2, 0.25) is 12.1 Å². The van der Waals surface area contributed by atoms with Crippen LogP contribution in [0.15, 0.2) is 11.6 Å². The number of hydrogen-bond donors (Lipinski definition) is 3. The van der Waals surface area contributed by atoms with Crippen molar-refractivity contribution in [2.75, 3.05) is 6.61 Å². The summed E-state index contributed by atoms with van der Waals surface area (Å²) in [5.41, 5.74) is -1.78. The van der Waals surface area contributed by atoms with Crippen molar-refractivity contribution in [1.29, 1.82) is 0 Å². The van der Waals surface area contributed by atoms with E-state index in [0.29, 0.717) is 38.5 Å². The molecular weight excluding hydrogens is 492 g/mol. The number of fused-ring (bicyclic) bond motifs is 5. The first-order chi connectivity index (χ1) is 18.0. The lowest BCUT2D eigenvalue weighted by atomic mass is 9.42. The van der Waals surface area contributed by atoms with E-state index in [4.69, 9.17) is 14.2 Å². The van der Waals surface area contributed by atoms with Crippen molar-refractivity contribution in [2.45, 2.75) is 108 Å². The predicted molar refractivity (Wildman–Crippen MR) is 132 cm³/mol. The zero-order chi connectivity index (χ0) is 27.0. The summed E-state index contributed by atoms with van der Waals surface area (Å²) in [6, 6.07) is 0. The van der Waals surface area contributed by atoms with Gasteiger partial charge in [0.15, 0.2) is 0 Å². The van der Waals surface area contributed by atoms with Crippen LogP contribution in [0.4, 0.5) is 0 Å². The van der Waals surface area contributed by atoms with Gasteiger partial charge < -0.3 is 34.3 Å². The topological polar surface area (TPSA) is 140 Å². The van der Waals surface area contributed by atoms with Crippen molar-refractivity contribution in [3.63, 3.8) is 0 Å². The van der Waals surface area contributed by atoms with E-state index in [1.54, 1.807) is 6.92 Å². The lowest BCUT2D eigenvalue weighted by Gasteiger charge is -2.64. The highest BCUT2D eigenvalue weighted by molar-refractivity contribution is 5.86. The maximum absolute atomic E-state index is 12.9. The molecule has 3 N–H and O–H groups in total. The third-order valence-electron chi connectivity index (χ3n) is 11.6. The molecule has 1 saturated heterocycles. The number of aliphatic hydroxyl groups excluding tert-OH is 2. The van der Waals surface area contributed by atoms with E-state index in [0.717, 1.165) is 24.7 Å². The first-order valence-electron chi connectivity index (χ1n) is 14.3. The van der Waals surface area contributed by atoms with Crippen molar-refractivity contribution in [1.82, 2.24) is 0 Å². The summed E-state index contributed by atoms with van der Waals surface area (Å²) < 4.78 is 16.9. The fourth-order valence-corrected chi connectivity index (χ4v) is 9.60. The van der Waals surface area contributed by atoms with Crippen LogP contribution in [-0.4, -0.2) is 76.3 Å². The highest BCUT2D eigenvalue weighted by Gasteiger charge is 2.71. The molecule has 0 amide bonds. The van der Waals surface area contributed by atoms with Crippen LogP contribution in [0.3, 0.4) is 0 Å². The van der Waals surface area contributed by atoms with Gasteiger partial charge in [-0.3, -0.25) is 4.79 Å². The number of cyclic esters (lactones) is 1. The van der Waals surface area contributed by atoms with Gasteiger partial charge in [-0.25, -0.2) is 4.79 Å². The van der Waals surface area contributed by atoms with Gasteiger partial charge in [0.05, 0.1) is 23.9 Å². The van der Waals surface area contributed by atoms with Gasteiger partial charge in [0.25, 0.3) is 0 Å². The molecule has 0 aromatic rings. The van der Waals surface area contributed by atoms with Gasteiger partial charge in [0, 0.05) is 23.3 Å². The first kappa shape index (κ1) is 26.6. The van der Waals surface area contributed by atoms with Gasteiger partial charge in [-0.15, -0.1) is 0 Å². The Morgan fingerprint density at radius 2 is 1.84 bits per heavy atom. The number of hydrogen-bond acceptors (Lipinski definition) is 9. The zero-order valence-corrected chi connectivity index (χ0v) is 22.2. The minimum atomic E-state index is -1.14. The number of carbonyl (C=O) groups is 3. The van der Waals surface area contributed by atoms with Crippen LogP contribution < -0.4 is 0 Å². The van der Waals surface area contributed by atoms with E-state index >= 15 is 0 Å². The average molecular weight is 533 g/mol. The molecule has 0 unspecified atom stereocenters. The molecule has 0 aromatic heterocycles. The monoisotopic (exact) mass is 532 g/mol. The molecule has 4 saturated carbocycles. The van der Waals surface area contributed by atoms with E-state index in [1.165, 1.54) is 6.08 Å². The van der Waals surface area contributed by atoms with E-state index in [2.05, 4.69) is 0 Å². The SMILES string of the molecule is C[C@H]1C[C@H](O)C(=O)[C@@H](O[C@H]2CC[C@@]3(C=O)[C@@H](CC[C@H]4[C@@H]3C[C@H](O)[C@]3(C)[C@@H](C5=CC(=O)OC5)CC[C@]43O)C2)O1. The van der Waals surface area contributed by atoms with Crippen molar-refractivity contribution in [2.24, 2.45) is 34.5 Å². The zero-order valence-electron chi connectivity index (χ0n) is 22.2. The van der Waals surface area contributed by atoms with Gasteiger partial charge in [0.1, 0.15) is 19.0 Å². The number of Topliss-reactive ketones (excluding diaryl/α,β-unsaturated/α-hetero) is 1. The molecule has 38 heavy (non-hydrogen) atoms. The molecule has 0 spiro atoms. The summed E-state index contributed by atoms with van der Waals surface area (Å²) in [5.74, 6) is -1.23. The quantitative estimate of drug-likeness (QED) is 0.281. The number of ketones is 1. The number of carbonyl (C=O) groups excluding carboxylic acids is 3. The molecule has 5 fully saturated rings. The molecule has 2 heterocycles. The average Bonchev–Trinajstić information content (AvgIpc) is 3.43. The van der Waals surface area contributed by atoms with Crippen molar-refractivity contribution < 1.29 is 43.9 Å². The summed E-state index contributed by atoms with van der Waals surface area (Å²) >= 11 is 0. The van der Waals surface area contributed by atoms with Crippen molar-refractivity contribution in [3.05, 3.63) is 11.6 Å². The normalized spacial score (nSPS) is 52.4. The lowest BCUT2D eigenvalue weighted by Crippen LogP contribution is -2.67. The van der Waals surface area contributed by atoms with E-state index < -0.39 is 40.7 Å². The van der Waals surface area contributed by atoms with Gasteiger partial charge in [-0.1, -0.05) is 6.92 Å². The standard InChI is InChI=1S/C29H40O9/c1-15-9-22(31)25(34)26(37-15)38-18-5-7-28(14-30)17(11-18)3-4-20-21(28)12-23(32)27(2)19(6-8-29(20,27)35)16-10-24(33)36-13-16/h10,14-15,17-23,26,31-32,35H,3-9,11-13H2,1-2H3/t15-,17-,18-,19+,20-,21-,22-,23-,26+,27-,28+,29-/m0/s1. The molecule has 9 heteroatoms. The summed E-state index contributed by atoms with van der Waals surface area (Å²) in [4.78, 5) is 37.2. The number of aliphatic hydroxyl groups is 3. The van der Waals surface area contributed by atoms with Crippen LogP contribution in [0.2, 0.25) is 0 Å². The lowest BCUT2D eigenvalue weighted by molar-refractivity contribution is -0.251. The van der Waals surface area contributed by atoms with Crippen LogP contribution in [0.25, 0.3) is 0 Å². The highest BCUT2D eigenvalue weighted by Crippen LogP contribution is 2.69. The minimum absolute atomic E-state index is 0.0157. The van der Waals surface area contributed by atoms with Crippen LogP contribution in [0.1, 0.15) is 71.6 Å². The fourth-order valence-electron chi connectivity index (χ4n) is 9.60. The maximum atomic E-state index is 12.9. The molecule has 9 nitrogen and oxygen atoms in total. The second-order valence-corrected chi connectivity index (χ2v) is 13.1. The Morgan fingerprint density at radius 1 is 1.05 bits per heavy atom. The minimum Gasteiger partial charge on any atom is -0.458 e. The van der Waals surface area contributed by atoms with Crippen LogP contribution in [0, 0.1) is 34.5 Å². The summed E-state index contributed by atoms with van der Waals surface area (Å²) in [7, 11) is 0. The number of ether oxygens (including phenoxy) is 3. The molecule has 2 aliphatic heterocycles. The second-order valence-electron chi connectivity index (χ2n) is 13.1. The Balaban J connectivity index is 1.23. The Labute approximate surface area is 222 Å². The smallest absolute Gasteiger partial charge is 0.331 e. The van der Waals surface area contributed by atoms with Gasteiger partial charge in [-0.05, 0) is 87.5 Å². The molecular formula is C29H40O9. The highest BCUT2D eigenvalue weighted by atomic mass is 16.7. The fraction of sp³-hybridized carbons (Fsp3) is 0.828. The third kappa shape index (κ3) is 3.65. The van der Waals surface area contributed by atoms with Crippen LogP contribution in [-0.2, 0) is 28.6 Å². The Kier molecular flexibility index (Phi) is 6.43. The molecule has 4 aliphatic carbocycles. The van der Waals surface area contributed by atoms with Crippen molar-refractivity contribution >= 4 is 18.0 Å². The maximum Gasteiger partial charge on any atom is 0.331 e. The van der Waals surface area contributed by atoms with Crippen molar-refractivity contribution in [3.8, 4) is 0 Å². The molecule has 12 atom stereocenters. The number of rotatable bonds is 4. The summed E-state index contributed by atoms with van der Waals surface area (Å²) in [5, 5.41) is 34.1. The number of aldehydes is 1. The Bertz CT molecular complexity index is 1040. The molecule has 0 radical (unpaired) electrons. The third-order valence-corrected chi connectivity index (χ3v) is 11.6. The Hall–Kier alpha value is -1.65. The molecule has 6 aliphatic rings. The van der Waals surface area contributed by atoms with E-state index in [-0.39, 0.29) is 54.9 Å². The van der Waals surface area contributed by atoms with Gasteiger partial charge in [-0.2, -0.15) is 0 Å². The van der Waals surface area contributed by atoms with Crippen LogP contribution >= 0.6 is 0 Å². The van der Waals surface area contributed by atoms with E-state index in [9.17, 15) is 29.7 Å². The Morgan fingerprint density at radius 3 is 2.55 bits per heavy atom. The summed E-state index contributed by atoms with van der Waals surface area (Å²) in [6.07, 6.45) is 4.15. The summed E-state index contributed by atoms with van der Waals surface area (Å²) in [6.45, 7) is 3.97. The molecule has 0 aromatic carbocycles. The molecule has 6 rings (SSSR count). The first-order valence-corrected chi connectivity index (χ1v) is 14.3. The van der Waals surface area contributed by atoms with Gasteiger partial charge >= 0.3 is 5.97 Å². The molecule has 0 bridgehead atoms. The largest absolute Gasteiger partial charge is 0.458 e.